The lowest BCUT2D eigenvalue weighted by atomic mass is 10.1. The van der Waals surface area contributed by atoms with E-state index < -0.39 is 0 Å². The number of fused-ring (bicyclic) bond motifs is 1. The number of nitrogens with zero attached hydrogens (tertiary/aromatic N) is 3. The monoisotopic (exact) mass is 272 g/mol. The molecule has 0 bridgehead atoms. The Kier molecular flexibility index (Phi) is 3.69. The molecule has 0 saturated carbocycles. The smallest absolute Gasteiger partial charge is 0.167 e. The van der Waals surface area contributed by atoms with Crippen LogP contribution in [0.1, 0.15) is 31.6 Å². The fraction of sp³-hybridized carbons (Fsp3) is 0.467. The van der Waals surface area contributed by atoms with E-state index in [-0.39, 0.29) is 0 Å². The van der Waals surface area contributed by atoms with E-state index in [9.17, 15) is 0 Å². The van der Waals surface area contributed by atoms with E-state index >= 15 is 0 Å². The molecule has 5 nitrogen and oxygen atoms in total. The first-order valence-corrected chi connectivity index (χ1v) is 7.15. The summed E-state index contributed by atoms with van der Waals surface area (Å²) >= 11 is 0. The molecule has 3 rings (SSSR count). The second kappa shape index (κ2) is 5.63. The number of para-hydroxylation sites is 1. The fourth-order valence-corrected chi connectivity index (χ4v) is 2.78. The molecular formula is C15H20N4O. The second-order valence-electron chi connectivity index (χ2n) is 5.03. The number of aromatic nitrogens is 3. The van der Waals surface area contributed by atoms with Gasteiger partial charge in [0.15, 0.2) is 11.6 Å². The minimum atomic E-state index is 0.310. The summed E-state index contributed by atoms with van der Waals surface area (Å²) in [6.07, 6.45) is 2.22. The van der Waals surface area contributed by atoms with E-state index in [0.29, 0.717) is 6.04 Å². The van der Waals surface area contributed by atoms with Crippen molar-refractivity contribution >= 4 is 0 Å². The van der Waals surface area contributed by atoms with E-state index in [1.165, 1.54) is 0 Å². The van der Waals surface area contributed by atoms with Gasteiger partial charge >= 0.3 is 0 Å². The summed E-state index contributed by atoms with van der Waals surface area (Å²) in [5.74, 6) is 2.78. The summed E-state index contributed by atoms with van der Waals surface area (Å²) in [5, 5.41) is 12.3. The van der Waals surface area contributed by atoms with Crippen LogP contribution < -0.4 is 10.1 Å². The predicted molar refractivity (Wildman–Crippen MR) is 77.7 cm³/mol. The molecule has 1 N–H and O–H groups in total. The van der Waals surface area contributed by atoms with Crippen LogP contribution in [-0.2, 0) is 6.54 Å². The van der Waals surface area contributed by atoms with Gasteiger partial charge in [0.05, 0.1) is 18.7 Å². The largest absolute Gasteiger partial charge is 0.496 e. The quantitative estimate of drug-likeness (QED) is 0.928. The molecule has 1 aliphatic rings. The second-order valence-corrected chi connectivity index (χ2v) is 5.03. The summed E-state index contributed by atoms with van der Waals surface area (Å²) in [4.78, 5) is 0. The van der Waals surface area contributed by atoms with E-state index in [1.54, 1.807) is 7.11 Å². The lowest BCUT2D eigenvalue weighted by Crippen LogP contribution is -2.33. The Hall–Kier alpha value is -1.88. The van der Waals surface area contributed by atoms with Crippen LogP contribution >= 0.6 is 0 Å². The maximum Gasteiger partial charge on any atom is 0.167 e. The molecular weight excluding hydrogens is 252 g/mol. The van der Waals surface area contributed by atoms with Crippen LogP contribution in [0.15, 0.2) is 24.3 Å². The van der Waals surface area contributed by atoms with Crippen LogP contribution in [0.3, 0.4) is 0 Å². The lowest BCUT2D eigenvalue weighted by Gasteiger charge is -2.25. The van der Waals surface area contributed by atoms with E-state index in [0.717, 1.165) is 48.9 Å². The van der Waals surface area contributed by atoms with Crippen LogP contribution in [0.4, 0.5) is 0 Å². The average Bonchev–Trinajstić information content (AvgIpc) is 2.92. The van der Waals surface area contributed by atoms with Gasteiger partial charge in [0.25, 0.3) is 0 Å². The van der Waals surface area contributed by atoms with Gasteiger partial charge in [-0.25, -0.2) is 0 Å². The molecule has 0 spiro atoms. The van der Waals surface area contributed by atoms with Gasteiger partial charge in [0, 0.05) is 13.1 Å². The fourth-order valence-electron chi connectivity index (χ4n) is 2.78. The number of ether oxygens (including phenoxy) is 1. The zero-order valence-corrected chi connectivity index (χ0v) is 12.0. The third kappa shape index (κ3) is 2.18. The number of hydrogen-bond donors (Lipinski definition) is 1. The molecule has 0 saturated heterocycles. The van der Waals surface area contributed by atoms with Gasteiger partial charge in [-0.1, -0.05) is 25.5 Å². The van der Waals surface area contributed by atoms with Crippen LogP contribution in [0, 0.1) is 0 Å². The maximum absolute atomic E-state index is 5.44. The summed E-state index contributed by atoms with van der Waals surface area (Å²) in [5.41, 5.74) is 1.01. The van der Waals surface area contributed by atoms with E-state index in [4.69, 9.17) is 4.74 Å². The average molecular weight is 272 g/mol. The van der Waals surface area contributed by atoms with Crippen molar-refractivity contribution < 1.29 is 4.74 Å². The maximum atomic E-state index is 5.44. The number of rotatable bonds is 4. The molecule has 1 unspecified atom stereocenters. The first kappa shape index (κ1) is 13.1. The first-order valence-electron chi connectivity index (χ1n) is 7.15. The molecule has 0 aliphatic carbocycles. The summed E-state index contributed by atoms with van der Waals surface area (Å²) in [7, 11) is 1.69. The molecule has 1 aliphatic heterocycles. The number of methoxy groups -OCH3 is 1. The zero-order chi connectivity index (χ0) is 13.9. The SMILES string of the molecule is CCCC1NCCn2c(-c3ccccc3OC)nnc21. The van der Waals surface area contributed by atoms with Gasteiger partial charge in [0.1, 0.15) is 5.75 Å². The highest BCUT2D eigenvalue weighted by Crippen LogP contribution is 2.31. The molecule has 0 radical (unpaired) electrons. The Bertz CT molecular complexity index is 593. The van der Waals surface area contributed by atoms with Gasteiger partial charge in [-0.05, 0) is 18.6 Å². The van der Waals surface area contributed by atoms with Crippen LogP contribution in [-0.4, -0.2) is 28.4 Å². The Balaban J connectivity index is 2.04. The molecule has 20 heavy (non-hydrogen) atoms. The van der Waals surface area contributed by atoms with Gasteiger partial charge in [-0.2, -0.15) is 0 Å². The lowest BCUT2D eigenvalue weighted by molar-refractivity contribution is 0.393. The molecule has 2 heterocycles. The number of nitrogens with one attached hydrogen (secondary N) is 1. The minimum Gasteiger partial charge on any atom is -0.496 e. The minimum absolute atomic E-state index is 0.310. The van der Waals surface area contributed by atoms with Crippen molar-refractivity contribution in [3.05, 3.63) is 30.1 Å². The third-order valence-electron chi connectivity index (χ3n) is 3.74. The van der Waals surface area contributed by atoms with Gasteiger partial charge in [-0.15, -0.1) is 10.2 Å². The molecule has 1 atom stereocenters. The van der Waals surface area contributed by atoms with Gasteiger partial charge in [0.2, 0.25) is 0 Å². The molecule has 0 amide bonds. The molecule has 0 fully saturated rings. The highest BCUT2D eigenvalue weighted by atomic mass is 16.5. The Morgan fingerprint density at radius 1 is 1.35 bits per heavy atom. The normalized spacial score (nSPS) is 17.8. The first-order chi connectivity index (χ1) is 9.85. The van der Waals surface area contributed by atoms with Crippen molar-refractivity contribution in [1.82, 2.24) is 20.1 Å². The molecule has 1 aromatic carbocycles. The van der Waals surface area contributed by atoms with E-state index in [2.05, 4.69) is 27.0 Å². The van der Waals surface area contributed by atoms with Crippen LogP contribution in [0.5, 0.6) is 5.75 Å². The van der Waals surface area contributed by atoms with Crippen LogP contribution in [0.2, 0.25) is 0 Å². The number of benzene rings is 1. The molecule has 106 valence electrons. The van der Waals surface area contributed by atoms with Crippen LogP contribution in [0.25, 0.3) is 11.4 Å². The Morgan fingerprint density at radius 3 is 3.00 bits per heavy atom. The van der Waals surface area contributed by atoms with Crippen molar-refractivity contribution in [2.45, 2.75) is 32.4 Å². The van der Waals surface area contributed by atoms with Gasteiger partial charge in [-0.3, -0.25) is 0 Å². The Labute approximate surface area is 119 Å². The summed E-state index contributed by atoms with van der Waals surface area (Å²) in [6.45, 7) is 4.05. The van der Waals surface area contributed by atoms with Crippen molar-refractivity contribution in [2.24, 2.45) is 0 Å². The highest BCUT2D eigenvalue weighted by molar-refractivity contribution is 5.64. The van der Waals surface area contributed by atoms with Crippen molar-refractivity contribution in [3.63, 3.8) is 0 Å². The van der Waals surface area contributed by atoms with Gasteiger partial charge < -0.3 is 14.6 Å². The van der Waals surface area contributed by atoms with E-state index in [1.807, 2.05) is 24.3 Å². The van der Waals surface area contributed by atoms with Crippen molar-refractivity contribution in [1.29, 1.82) is 0 Å². The summed E-state index contributed by atoms with van der Waals surface area (Å²) < 4.78 is 7.65. The molecule has 2 aromatic rings. The third-order valence-corrected chi connectivity index (χ3v) is 3.74. The van der Waals surface area contributed by atoms with Crippen molar-refractivity contribution in [3.8, 4) is 17.1 Å². The molecule has 5 heteroatoms. The zero-order valence-electron chi connectivity index (χ0n) is 12.0. The van der Waals surface area contributed by atoms with Crippen molar-refractivity contribution in [2.75, 3.05) is 13.7 Å². The topological polar surface area (TPSA) is 52.0 Å². The standard InChI is InChI=1S/C15H20N4O/c1-3-6-12-15-18-17-14(19(15)10-9-16-12)11-7-4-5-8-13(11)20-2/h4-5,7-8,12,16H,3,6,9-10H2,1-2H3. The Morgan fingerprint density at radius 2 is 2.20 bits per heavy atom. The highest BCUT2D eigenvalue weighted by Gasteiger charge is 2.25. The predicted octanol–water partition coefficient (Wildman–Crippen LogP) is 2.40. The summed E-state index contributed by atoms with van der Waals surface area (Å²) in [6, 6.07) is 8.28. The number of hydrogen-bond acceptors (Lipinski definition) is 4. The molecule has 1 aromatic heterocycles.